The largest absolute Gasteiger partial charge is 0.489 e. The predicted octanol–water partition coefficient (Wildman–Crippen LogP) is 1.79. The summed E-state index contributed by atoms with van der Waals surface area (Å²) in [5.41, 5.74) is 7.57. The lowest BCUT2D eigenvalue weighted by atomic mass is 10.1. The third-order valence-corrected chi connectivity index (χ3v) is 2.32. The average molecular weight is 229 g/mol. The quantitative estimate of drug-likeness (QED) is 0.868. The molecule has 0 unspecified atom stereocenters. The Hall–Kier alpha value is -1.94. The van der Waals surface area contributed by atoms with E-state index in [0.29, 0.717) is 24.7 Å². The van der Waals surface area contributed by atoms with Crippen molar-refractivity contribution in [1.82, 2.24) is 9.97 Å². The van der Waals surface area contributed by atoms with Crippen LogP contribution in [0.2, 0.25) is 0 Å². The molecule has 0 aliphatic carbocycles. The van der Waals surface area contributed by atoms with E-state index in [0.717, 1.165) is 5.56 Å². The first-order valence-electron chi connectivity index (χ1n) is 5.51. The lowest BCUT2D eigenvalue weighted by molar-refractivity contribution is 0.325. The van der Waals surface area contributed by atoms with Gasteiger partial charge in [0, 0.05) is 12.1 Å². The van der Waals surface area contributed by atoms with E-state index >= 15 is 0 Å². The number of hydrogen-bond donors (Lipinski definition) is 1. The predicted molar refractivity (Wildman–Crippen MR) is 66.8 cm³/mol. The molecule has 0 fully saturated rings. The Labute approximate surface area is 100 Å². The molecule has 1 aromatic carbocycles. The fourth-order valence-corrected chi connectivity index (χ4v) is 1.42. The summed E-state index contributed by atoms with van der Waals surface area (Å²) in [5.74, 6) is 1.34. The zero-order valence-corrected chi connectivity index (χ0v) is 9.76. The lowest BCUT2D eigenvalue weighted by Crippen LogP contribution is -2.10. The minimum atomic E-state index is 0.479. The van der Waals surface area contributed by atoms with E-state index < -0.39 is 0 Å². The van der Waals surface area contributed by atoms with Crippen molar-refractivity contribution in [3.63, 3.8) is 0 Å². The third-order valence-electron chi connectivity index (χ3n) is 2.32. The fourth-order valence-electron chi connectivity index (χ4n) is 1.42. The summed E-state index contributed by atoms with van der Waals surface area (Å²) >= 11 is 0. The summed E-state index contributed by atoms with van der Waals surface area (Å²) in [7, 11) is 0. The molecular weight excluding hydrogens is 214 g/mol. The van der Waals surface area contributed by atoms with Crippen molar-refractivity contribution in [3.05, 3.63) is 42.2 Å². The van der Waals surface area contributed by atoms with Gasteiger partial charge in [0.2, 0.25) is 0 Å². The number of hydrogen-bond acceptors (Lipinski definition) is 4. The minimum Gasteiger partial charge on any atom is -0.489 e. The van der Waals surface area contributed by atoms with Crippen molar-refractivity contribution in [2.75, 3.05) is 13.2 Å². The van der Waals surface area contributed by atoms with Crippen molar-refractivity contribution in [1.29, 1.82) is 0 Å². The van der Waals surface area contributed by atoms with Gasteiger partial charge in [0.15, 0.2) is 11.6 Å². The Morgan fingerprint density at radius 3 is 2.35 bits per heavy atom. The summed E-state index contributed by atoms with van der Waals surface area (Å²) in [4.78, 5) is 8.51. The van der Waals surface area contributed by atoms with Crippen LogP contribution in [0.3, 0.4) is 0 Å². The number of nitrogens with two attached hydrogens (primary N) is 1. The number of aromatic nitrogens is 2. The SMILES string of the molecule is Cc1ccc(-c2ncc(OCCN)cn2)cc1. The van der Waals surface area contributed by atoms with Gasteiger partial charge >= 0.3 is 0 Å². The zero-order chi connectivity index (χ0) is 12.1. The van der Waals surface area contributed by atoms with Crippen LogP contribution in [-0.4, -0.2) is 23.1 Å². The van der Waals surface area contributed by atoms with E-state index in [-0.39, 0.29) is 0 Å². The van der Waals surface area contributed by atoms with Gasteiger partial charge in [0.05, 0.1) is 12.4 Å². The molecule has 1 heterocycles. The van der Waals surface area contributed by atoms with Crippen LogP contribution >= 0.6 is 0 Å². The van der Waals surface area contributed by atoms with Crippen LogP contribution in [0.1, 0.15) is 5.56 Å². The maximum atomic E-state index is 5.35. The van der Waals surface area contributed by atoms with Gasteiger partial charge < -0.3 is 10.5 Å². The highest BCUT2D eigenvalue weighted by Gasteiger charge is 2.01. The standard InChI is InChI=1S/C13H15N3O/c1-10-2-4-11(5-3-10)13-15-8-12(9-16-13)17-7-6-14/h2-5,8-9H,6-7,14H2,1H3. The van der Waals surface area contributed by atoms with Crippen LogP contribution in [0.5, 0.6) is 5.75 Å². The van der Waals surface area contributed by atoms with Crippen molar-refractivity contribution < 1.29 is 4.74 Å². The molecule has 0 saturated heterocycles. The second-order valence-electron chi connectivity index (χ2n) is 3.75. The highest BCUT2D eigenvalue weighted by Crippen LogP contribution is 2.16. The van der Waals surface area contributed by atoms with E-state index in [9.17, 15) is 0 Å². The zero-order valence-electron chi connectivity index (χ0n) is 9.76. The first-order valence-corrected chi connectivity index (χ1v) is 5.51. The Morgan fingerprint density at radius 2 is 1.76 bits per heavy atom. The molecule has 2 N–H and O–H groups in total. The fraction of sp³-hybridized carbons (Fsp3) is 0.231. The second-order valence-corrected chi connectivity index (χ2v) is 3.75. The third kappa shape index (κ3) is 3.01. The summed E-state index contributed by atoms with van der Waals surface area (Å²) in [6.45, 7) is 3.02. The Morgan fingerprint density at radius 1 is 1.12 bits per heavy atom. The van der Waals surface area contributed by atoms with Gasteiger partial charge in [-0.15, -0.1) is 0 Å². The Kier molecular flexibility index (Phi) is 3.67. The molecule has 0 aliphatic heterocycles. The van der Waals surface area contributed by atoms with Gasteiger partial charge in [0.1, 0.15) is 6.61 Å². The maximum absolute atomic E-state index is 5.35. The van der Waals surface area contributed by atoms with Gasteiger partial charge in [-0.05, 0) is 6.92 Å². The van der Waals surface area contributed by atoms with Gasteiger partial charge in [-0.2, -0.15) is 0 Å². The molecule has 0 radical (unpaired) electrons. The molecule has 17 heavy (non-hydrogen) atoms. The van der Waals surface area contributed by atoms with Gasteiger partial charge in [-0.1, -0.05) is 29.8 Å². The van der Waals surface area contributed by atoms with Crippen molar-refractivity contribution in [2.24, 2.45) is 5.73 Å². The smallest absolute Gasteiger partial charge is 0.159 e. The number of ether oxygens (including phenoxy) is 1. The van der Waals surface area contributed by atoms with Crippen LogP contribution in [0, 0.1) is 6.92 Å². The molecule has 2 aromatic rings. The summed E-state index contributed by atoms with van der Waals surface area (Å²) < 4.78 is 5.32. The molecule has 4 heteroatoms. The van der Waals surface area contributed by atoms with Crippen LogP contribution in [-0.2, 0) is 0 Å². The van der Waals surface area contributed by atoms with E-state index in [1.165, 1.54) is 5.56 Å². The van der Waals surface area contributed by atoms with Gasteiger partial charge in [0.25, 0.3) is 0 Å². The molecule has 1 aromatic heterocycles. The monoisotopic (exact) mass is 229 g/mol. The van der Waals surface area contributed by atoms with Crippen molar-refractivity contribution in [3.8, 4) is 17.1 Å². The second kappa shape index (κ2) is 5.41. The van der Waals surface area contributed by atoms with E-state index in [4.69, 9.17) is 10.5 Å². The number of rotatable bonds is 4. The highest BCUT2D eigenvalue weighted by molar-refractivity contribution is 5.55. The number of nitrogens with zero attached hydrogens (tertiary/aromatic N) is 2. The first kappa shape index (κ1) is 11.5. The van der Waals surface area contributed by atoms with Gasteiger partial charge in [-0.3, -0.25) is 0 Å². The highest BCUT2D eigenvalue weighted by atomic mass is 16.5. The maximum Gasteiger partial charge on any atom is 0.159 e. The van der Waals surface area contributed by atoms with E-state index in [1.807, 2.05) is 31.2 Å². The molecule has 88 valence electrons. The van der Waals surface area contributed by atoms with E-state index in [1.54, 1.807) is 12.4 Å². The van der Waals surface area contributed by atoms with Crippen LogP contribution in [0.15, 0.2) is 36.7 Å². The van der Waals surface area contributed by atoms with Crippen molar-refractivity contribution in [2.45, 2.75) is 6.92 Å². The summed E-state index contributed by atoms with van der Waals surface area (Å²) in [5, 5.41) is 0. The molecular formula is C13H15N3O. The first-order chi connectivity index (χ1) is 8.29. The topological polar surface area (TPSA) is 61.0 Å². The molecule has 0 atom stereocenters. The summed E-state index contributed by atoms with van der Waals surface area (Å²) in [6, 6.07) is 8.09. The molecule has 0 amide bonds. The molecule has 0 aliphatic rings. The lowest BCUT2D eigenvalue weighted by Gasteiger charge is -2.04. The molecule has 0 spiro atoms. The average Bonchev–Trinajstić information content (AvgIpc) is 2.38. The Balaban J connectivity index is 2.14. The van der Waals surface area contributed by atoms with Crippen LogP contribution < -0.4 is 10.5 Å². The minimum absolute atomic E-state index is 0.479. The van der Waals surface area contributed by atoms with Crippen LogP contribution in [0.25, 0.3) is 11.4 Å². The van der Waals surface area contributed by atoms with Gasteiger partial charge in [-0.25, -0.2) is 9.97 Å². The van der Waals surface area contributed by atoms with Crippen molar-refractivity contribution >= 4 is 0 Å². The number of aryl methyl sites for hydroxylation is 1. The number of benzene rings is 1. The van der Waals surface area contributed by atoms with Crippen LogP contribution in [0.4, 0.5) is 0 Å². The van der Waals surface area contributed by atoms with E-state index in [2.05, 4.69) is 9.97 Å². The molecule has 0 bridgehead atoms. The Bertz CT molecular complexity index is 465. The molecule has 2 rings (SSSR count). The molecule has 4 nitrogen and oxygen atoms in total. The normalized spacial score (nSPS) is 10.2. The summed E-state index contributed by atoms with van der Waals surface area (Å²) in [6.07, 6.45) is 3.33. The molecule has 0 saturated carbocycles.